The molecule has 0 bridgehead atoms. The van der Waals surface area contributed by atoms with Crippen molar-refractivity contribution in [2.45, 2.75) is 0 Å². The van der Waals surface area contributed by atoms with E-state index in [4.69, 9.17) is 10.8 Å². The minimum atomic E-state index is -2.04. The number of fused-ring (bicyclic) bond motifs is 1. The highest BCUT2D eigenvalue weighted by atomic mass is 19.2. The molecule has 4 N–H and O–H groups in total. The lowest BCUT2D eigenvalue weighted by Gasteiger charge is -2.14. The lowest BCUT2D eigenvalue weighted by Crippen LogP contribution is -2.26. The van der Waals surface area contributed by atoms with E-state index in [-0.39, 0.29) is 10.6 Å². The molecule has 0 radical (unpaired) electrons. The normalized spacial score (nSPS) is 12.7. The van der Waals surface area contributed by atoms with Gasteiger partial charge in [-0.05, 0) is 0 Å². The number of imide groups is 1. The molecule has 1 aliphatic heterocycles. The van der Waals surface area contributed by atoms with Gasteiger partial charge < -0.3 is 10.8 Å². The van der Waals surface area contributed by atoms with E-state index >= 15 is 0 Å². The number of amides is 2. The standard InChI is InChI=1S/C14H6F2N4O7/c15-8-4(14(24)25)1-5(20(26)27)10(9(8)16)19-6(21)2-3-7(11(19)17)13(23)18-12(3)22/h1-2H,17H2,(H,24,25)(H,18,22,23). The number of anilines is 1. The van der Waals surface area contributed by atoms with Crippen molar-refractivity contribution in [1.82, 2.24) is 9.88 Å². The molecule has 13 heteroatoms. The number of nitro groups is 1. The first-order chi connectivity index (χ1) is 12.6. The first-order valence-electron chi connectivity index (χ1n) is 6.87. The number of carboxylic acid groups (broad SMARTS) is 1. The Kier molecular flexibility index (Phi) is 3.72. The number of halogens is 2. The number of nitrogens with one attached hydrogen (secondary N) is 1. The number of nitrogens with zero attached hydrogens (tertiary/aromatic N) is 2. The number of aromatic nitrogens is 1. The molecule has 0 saturated carbocycles. The van der Waals surface area contributed by atoms with E-state index in [2.05, 4.69) is 0 Å². The smallest absolute Gasteiger partial charge is 0.339 e. The molecule has 2 amide bonds. The van der Waals surface area contributed by atoms with Gasteiger partial charge in [-0.2, -0.15) is 0 Å². The summed E-state index contributed by atoms with van der Waals surface area (Å²) in [5, 5.41) is 21.9. The third-order valence-electron chi connectivity index (χ3n) is 3.76. The number of nitro benzene ring substituents is 1. The quantitative estimate of drug-likeness (QED) is 0.384. The summed E-state index contributed by atoms with van der Waals surface area (Å²) in [5.74, 6) is -8.87. The molecule has 138 valence electrons. The minimum Gasteiger partial charge on any atom is -0.478 e. The molecule has 27 heavy (non-hydrogen) atoms. The Hall–Kier alpha value is -4.16. The number of rotatable bonds is 3. The van der Waals surface area contributed by atoms with E-state index in [0.29, 0.717) is 6.07 Å². The number of carbonyl (C=O) groups excluding carboxylic acids is 2. The summed E-state index contributed by atoms with van der Waals surface area (Å²) >= 11 is 0. The fourth-order valence-corrected chi connectivity index (χ4v) is 2.62. The summed E-state index contributed by atoms with van der Waals surface area (Å²) in [6.07, 6.45) is 0. The van der Waals surface area contributed by atoms with Crippen molar-refractivity contribution in [2.24, 2.45) is 0 Å². The highest BCUT2D eigenvalue weighted by molar-refractivity contribution is 6.23. The first-order valence-corrected chi connectivity index (χ1v) is 6.87. The zero-order valence-electron chi connectivity index (χ0n) is 12.8. The van der Waals surface area contributed by atoms with Crippen LogP contribution >= 0.6 is 0 Å². The van der Waals surface area contributed by atoms with E-state index in [9.17, 15) is 38.1 Å². The second-order valence-electron chi connectivity index (χ2n) is 5.26. The van der Waals surface area contributed by atoms with Gasteiger partial charge in [0.1, 0.15) is 11.4 Å². The fraction of sp³-hybridized carbons (Fsp3) is 0. The van der Waals surface area contributed by atoms with Crippen LogP contribution in [0.4, 0.5) is 20.3 Å². The lowest BCUT2D eigenvalue weighted by atomic mass is 10.1. The summed E-state index contributed by atoms with van der Waals surface area (Å²) in [6, 6.07) is 0.776. The van der Waals surface area contributed by atoms with Crippen LogP contribution < -0.4 is 16.6 Å². The summed E-state index contributed by atoms with van der Waals surface area (Å²) in [6.45, 7) is 0. The number of nitrogens with two attached hydrogens (primary N) is 1. The van der Waals surface area contributed by atoms with Gasteiger partial charge in [0.15, 0.2) is 17.3 Å². The van der Waals surface area contributed by atoms with E-state index in [1.807, 2.05) is 5.32 Å². The zero-order chi connectivity index (χ0) is 20.2. The van der Waals surface area contributed by atoms with Crippen LogP contribution in [-0.4, -0.2) is 32.4 Å². The number of hydrogen-bond donors (Lipinski definition) is 3. The largest absolute Gasteiger partial charge is 0.478 e. The Morgan fingerprint density at radius 2 is 1.81 bits per heavy atom. The number of carboxylic acids is 1. The molecule has 2 heterocycles. The van der Waals surface area contributed by atoms with E-state index in [1.54, 1.807) is 0 Å². The predicted molar refractivity (Wildman–Crippen MR) is 81.8 cm³/mol. The fourth-order valence-electron chi connectivity index (χ4n) is 2.62. The van der Waals surface area contributed by atoms with Gasteiger partial charge in [0.05, 0.1) is 16.1 Å². The van der Waals surface area contributed by atoms with Crippen molar-refractivity contribution < 1.29 is 33.2 Å². The van der Waals surface area contributed by atoms with Crippen molar-refractivity contribution in [1.29, 1.82) is 0 Å². The van der Waals surface area contributed by atoms with Crippen molar-refractivity contribution >= 4 is 29.3 Å². The lowest BCUT2D eigenvalue weighted by molar-refractivity contribution is -0.384. The van der Waals surface area contributed by atoms with Crippen LogP contribution in [0.5, 0.6) is 0 Å². The van der Waals surface area contributed by atoms with Gasteiger partial charge in [-0.3, -0.25) is 34.4 Å². The molecule has 1 aliphatic rings. The topological polar surface area (TPSA) is 175 Å². The number of benzene rings is 1. The Bertz CT molecular complexity index is 1160. The number of nitrogen functional groups attached to an aromatic ring is 1. The first kappa shape index (κ1) is 17.7. The molecule has 1 aromatic carbocycles. The van der Waals surface area contributed by atoms with E-state index in [1.165, 1.54) is 0 Å². The monoisotopic (exact) mass is 380 g/mol. The highest BCUT2D eigenvalue weighted by Gasteiger charge is 2.36. The Morgan fingerprint density at radius 1 is 1.19 bits per heavy atom. The summed E-state index contributed by atoms with van der Waals surface area (Å²) < 4.78 is 28.7. The van der Waals surface area contributed by atoms with Crippen LogP contribution in [0.2, 0.25) is 0 Å². The summed E-state index contributed by atoms with van der Waals surface area (Å²) in [4.78, 5) is 56.6. The van der Waals surface area contributed by atoms with Crippen molar-refractivity contribution in [2.75, 3.05) is 5.73 Å². The van der Waals surface area contributed by atoms with E-state index < -0.39 is 73.8 Å². The maximum Gasteiger partial charge on any atom is 0.339 e. The predicted octanol–water partition coefficient (Wildman–Crippen LogP) is 0.188. The van der Waals surface area contributed by atoms with Crippen LogP contribution in [0, 0.1) is 21.7 Å². The SMILES string of the molecule is Nc1c2c(cc(=O)n1-c1c([N+](=O)[O-])cc(C(=O)O)c(F)c1F)C(=O)NC2=O. The maximum absolute atomic E-state index is 14.5. The maximum atomic E-state index is 14.5. The Balaban J connectivity index is 2.48. The van der Waals surface area contributed by atoms with Gasteiger partial charge in [0.2, 0.25) is 0 Å². The van der Waals surface area contributed by atoms with Crippen molar-refractivity contribution in [3.8, 4) is 5.69 Å². The van der Waals surface area contributed by atoms with Crippen molar-refractivity contribution in [3.05, 3.63) is 60.9 Å². The third-order valence-corrected chi connectivity index (χ3v) is 3.76. The van der Waals surface area contributed by atoms with Gasteiger partial charge in [-0.25, -0.2) is 13.6 Å². The molecular formula is C14H6F2N4O7. The number of aromatic carboxylic acids is 1. The minimum absolute atomic E-state index is 0.124. The zero-order valence-corrected chi connectivity index (χ0v) is 12.8. The average molecular weight is 380 g/mol. The number of pyridine rings is 1. The van der Waals surface area contributed by atoms with Gasteiger partial charge in [0.25, 0.3) is 23.1 Å². The second-order valence-corrected chi connectivity index (χ2v) is 5.26. The van der Waals surface area contributed by atoms with Gasteiger partial charge in [-0.1, -0.05) is 0 Å². The molecule has 2 aromatic rings. The summed E-state index contributed by atoms with van der Waals surface area (Å²) in [5.41, 5.74) is -0.586. The Labute approximate surface area is 145 Å². The molecule has 0 unspecified atom stereocenters. The molecular weight excluding hydrogens is 374 g/mol. The second kappa shape index (κ2) is 5.69. The van der Waals surface area contributed by atoms with Crippen molar-refractivity contribution in [3.63, 3.8) is 0 Å². The average Bonchev–Trinajstić information content (AvgIpc) is 2.84. The number of hydrogen-bond acceptors (Lipinski definition) is 7. The molecule has 0 spiro atoms. The van der Waals surface area contributed by atoms with Crippen LogP contribution in [0.15, 0.2) is 16.9 Å². The van der Waals surface area contributed by atoms with Gasteiger partial charge in [0, 0.05) is 12.1 Å². The molecule has 0 atom stereocenters. The van der Waals surface area contributed by atoms with Crippen LogP contribution in [-0.2, 0) is 0 Å². The molecule has 3 rings (SSSR count). The summed E-state index contributed by atoms with van der Waals surface area (Å²) in [7, 11) is 0. The molecule has 0 saturated heterocycles. The van der Waals surface area contributed by atoms with Crippen LogP contribution in [0.1, 0.15) is 31.1 Å². The molecule has 1 aromatic heterocycles. The molecule has 11 nitrogen and oxygen atoms in total. The highest BCUT2D eigenvalue weighted by Crippen LogP contribution is 2.32. The van der Waals surface area contributed by atoms with Gasteiger partial charge >= 0.3 is 5.97 Å². The third kappa shape index (κ3) is 2.40. The molecule has 0 fully saturated rings. The van der Waals surface area contributed by atoms with Crippen LogP contribution in [0.3, 0.4) is 0 Å². The van der Waals surface area contributed by atoms with Crippen LogP contribution in [0.25, 0.3) is 5.69 Å². The number of carbonyl (C=O) groups is 3. The Morgan fingerprint density at radius 3 is 2.37 bits per heavy atom. The van der Waals surface area contributed by atoms with Gasteiger partial charge in [-0.15, -0.1) is 0 Å². The van der Waals surface area contributed by atoms with E-state index in [0.717, 1.165) is 0 Å². The molecule has 0 aliphatic carbocycles.